The second-order valence-corrected chi connectivity index (χ2v) is 5.49. The third-order valence-corrected chi connectivity index (χ3v) is 3.42. The predicted octanol–water partition coefficient (Wildman–Crippen LogP) is 2.89. The van der Waals surface area contributed by atoms with Crippen LogP contribution in [0.5, 0.6) is 5.75 Å². The highest BCUT2D eigenvalue weighted by molar-refractivity contribution is 6.31. The molecule has 0 bridgehead atoms. The van der Waals surface area contributed by atoms with Crippen LogP contribution in [0.4, 0.5) is 0 Å². The molecule has 0 fully saturated rings. The summed E-state index contributed by atoms with van der Waals surface area (Å²) in [5, 5.41) is 19.2. The number of benzene rings is 1. The molecule has 0 aliphatic carbocycles. The summed E-state index contributed by atoms with van der Waals surface area (Å²) in [6.07, 6.45) is 1.39. The second-order valence-electron chi connectivity index (χ2n) is 5.05. The van der Waals surface area contributed by atoms with E-state index >= 15 is 0 Å². The smallest absolute Gasteiger partial charge is 0.268 e. The maximum absolute atomic E-state index is 12.5. The van der Waals surface area contributed by atoms with Gasteiger partial charge in [-0.25, -0.2) is 0 Å². The first-order chi connectivity index (χ1) is 10.3. The second kappa shape index (κ2) is 6.04. The lowest BCUT2D eigenvalue weighted by Crippen LogP contribution is -2.25. The molecule has 0 aliphatic rings. The van der Waals surface area contributed by atoms with E-state index in [1.165, 1.54) is 35.0 Å². The molecular weight excluding hydrogens is 304 g/mol. The summed E-state index contributed by atoms with van der Waals surface area (Å²) in [7, 11) is 0. The van der Waals surface area contributed by atoms with E-state index in [0.717, 1.165) is 0 Å². The first kappa shape index (κ1) is 15.8. The van der Waals surface area contributed by atoms with Crippen LogP contribution in [0.3, 0.4) is 0 Å². The number of nitriles is 1. The number of aromatic nitrogens is 1. The van der Waals surface area contributed by atoms with Crippen LogP contribution in [0.25, 0.3) is 0 Å². The lowest BCUT2D eigenvalue weighted by atomic mass is 10.0. The van der Waals surface area contributed by atoms with E-state index in [1.54, 1.807) is 19.9 Å². The van der Waals surface area contributed by atoms with Crippen molar-refractivity contribution in [3.63, 3.8) is 0 Å². The number of aromatic hydroxyl groups is 1. The first-order valence-corrected chi connectivity index (χ1v) is 6.92. The fourth-order valence-electron chi connectivity index (χ4n) is 2.04. The van der Waals surface area contributed by atoms with Gasteiger partial charge >= 0.3 is 0 Å². The van der Waals surface area contributed by atoms with Gasteiger partial charge in [0.15, 0.2) is 5.78 Å². The SMILES string of the molecule is CC(C)n1cc(C(=O)c2cc(Cl)ccc2O)cc(C#N)c1=O. The zero-order chi connectivity index (χ0) is 16.4. The van der Waals surface area contributed by atoms with Gasteiger partial charge in [-0.3, -0.25) is 9.59 Å². The van der Waals surface area contributed by atoms with Crippen LogP contribution in [-0.4, -0.2) is 15.5 Å². The molecule has 0 unspecified atom stereocenters. The van der Waals surface area contributed by atoms with Crippen molar-refractivity contribution in [1.29, 1.82) is 5.26 Å². The van der Waals surface area contributed by atoms with Gasteiger partial charge in [-0.1, -0.05) is 11.6 Å². The van der Waals surface area contributed by atoms with Gasteiger partial charge in [0, 0.05) is 22.8 Å². The largest absolute Gasteiger partial charge is 0.507 e. The van der Waals surface area contributed by atoms with Crippen LogP contribution >= 0.6 is 11.6 Å². The number of hydrogen-bond donors (Lipinski definition) is 1. The number of hydrogen-bond acceptors (Lipinski definition) is 4. The van der Waals surface area contributed by atoms with E-state index in [1.807, 2.05) is 0 Å². The molecule has 22 heavy (non-hydrogen) atoms. The normalized spacial score (nSPS) is 10.5. The van der Waals surface area contributed by atoms with E-state index in [2.05, 4.69) is 0 Å². The fraction of sp³-hybridized carbons (Fsp3) is 0.188. The molecule has 2 rings (SSSR count). The summed E-state index contributed by atoms with van der Waals surface area (Å²) < 4.78 is 1.31. The van der Waals surface area contributed by atoms with Crippen LogP contribution in [0.15, 0.2) is 35.3 Å². The van der Waals surface area contributed by atoms with Crippen molar-refractivity contribution in [2.45, 2.75) is 19.9 Å². The summed E-state index contributed by atoms with van der Waals surface area (Å²) in [5.74, 6) is -0.721. The molecule has 0 spiro atoms. The topological polar surface area (TPSA) is 83.1 Å². The first-order valence-electron chi connectivity index (χ1n) is 6.54. The Morgan fingerprint density at radius 3 is 2.64 bits per heavy atom. The molecule has 1 N–H and O–H groups in total. The van der Waals surface area contributed by atoms with Crippen molar-refractivity contribution in [2.75, 3.05) is 0 Å². The molecule has 0 atom stereocenters. The molecule has 5 nitrogen and oxygen atoms in total. The average Bonchev–Trinajstić information content (AvgIpc) is 2.49. The summed E-state index contributed by atoms with van der Waals surface area (Å²) in [4.78, 5) is 24.6. The summed E-state index contributed by atoms with van der Waals surface area (Å²) in [6.45, 7) is 3.54. The molecule has 0 saturated heterocycles. The predicted molar refractivity (Wildman–Crippen MR) is 82.4 cm³/mol. The Bertz CT molecular complexity index is 847. The van der Waals surface area contributed by atoms with Gasteiger partial charge in [-0.2, -0.15) is 5.26 Å². The van der Waals surface area contributed by atoms with Crippen LogP contribution in [-0.2, 0) is 0 Å². The number of ketones is 1. The molecule has 2 aromatic rings. The maximum Gasteiger partial charge on any atom is 0.268 e. The Kier molecular flexibility index (Phi) is 4.34. The number of pyridine rings is 1. The van der Waals surface area contributed by atoms with Crippen LogP contribution in [0, 0.1) is 11.3 Å². The zero-order valence-electron chi connectivity index (χ0n) is 12.0. The number of carbonyl (C=O) groups excluding carboxylic acids is 1. The highest BCUT2D eigenvalue weighted by Crippen LogP contribution is 2.24. The van der Waals surface area contributed by atoms with E-state index < -0.39 is 11.3 Å². The molecule has 0 saturated carbocycles. The van der Waals surface area contributed by atoms with Crippen LogP contribution in [0.1, 0.15) is 41.4 Å². The number of halogens is 1. The molecule has 0 radical (unpaired) electrons. The summed E-state index contributed by atoms with van der Waals surface area (Å²) in [6, 6.07) is 6.93. The zero-order valence-corrected chi connectivity index (χ0v) is 12.8. The molecule has 1 aromatic carbocycles. The number of phenolic OH excluding ortho intramolecular Hbond substituents is 1. The van der Waals surface area contributed by atoms with Crippen molar-refractivity contribution in [3.8, 4) is 11.8 Å². The van der Waals surface area contributed by atoms with Gasteiger partial charge < -0.3 is 9.67 Å². The summed E-state index contributed by atoms with van der Waals surface area (Å²) in [5.41, 5.74) is -0.418. The minimum absolute atomic E-state index is 0.0188. The minimum atomic E-state index is -0.508. The van der Waals surface area contributed by atoms with Crippen molar-refractivity contribution in [1.82, 2.24) is 4.57 Å². The van der Waals surface area contributed by atoms with Crippen molar-refractivity contribution >= 4 is 17.4 Å². The molecule has 6 heteroatoms. The van der Waals surface area contributed by atoms with Gasteiger partial charge in [-0.15, -0.1) is 0 Å². The van der Waals surface area contributed by atoms with Crippen molar-refractivity contribution < 1.29 is 9.90 Å². The van der Waals surface area contributed by atoms with Gasteiger partial charge in [0.1, 0.15) is 17.4 Å². The highest BCUT2D eigenvalue weighted by atomic mass is 35.5. The maximum atomic E-state index is 12.5. The number of rotatable bonds is 3. The van der Waals surface area contributed by atoms with Gasteiger partial charge in [0.25, 0.3) is 5.56 Å². The molecule has 1 heterocycles. The lowest BCUT2D eigenvalue weighted by molar-refractivity contribution is 0.103. The van der Waals surface area contributed by atoms with E-state index in [-0.39, 0.29) is 28.5 Å². The fourth-order valence-corrected chi connectivity index (χ4v) is 2.21. The number of nitrogens with zero attached hydrogens (tertiary/aromatic N) is 2. The van der Waals surface area contributed by atoms with Crippen molar-refractivity contribution in [2.24, 2.45) is 0 Å². The quantitative estimate of drug-likeness (QED) is 0.882. The average molecular weight is 317 g/mol. The summed E-state index contributed by atoms with van der Waals surface area (Å²) >= 11 is 5.84. The molecule has 0 aliphatic heterocycles. The molecular formula is C16H13ClN2O3. The Morgan fingerprint density at radius 2 is 2.05 bits per heavy atom. The van der Waals surface area contributed by atoms with Gasteiger partial charge in [-0.05, 0) is 38.1 Å². The van der Waals surface area contributed by atoms with E-state index in [9.17, 15) is 14.7 Å². The third-order valence-electron chi connectivity index (χ3n) is 3.19. The molecule has 0 amide bonds. The molecule has 112 valence electrons. The monoisotopic (exact) mass is 316 g/mol. The minimum Gasteiger partial charge on any atom is -0.507 e. The Labute approximate surface area is 132 Å². The Hall–Kier alpha value is -2.58. The third kappa shape index (κ3) is 2.87. The van der Waals surface area contributed by atoms with E-state index in [0.29, 0.717) is 5.02 Å². The number of carbonyl (C=O) groups is 1. The number of phenols is 1. The van der Waals surface area contributed by atoms with Crippen molar-refractivity contribution in [3.05, 3.63) is 62.5 Å². The van der Waals surface area contributed by atoms with Crippen LogP contribution in [0.2, 0.25) is 5.02 Å². The standard InChI is InChI=1S/C16H13ClN2O3/c1-9(2)19-8-11(5-10(7-18)16(19)22)15(21)13-6-12(17)3-4-14(13)20/h3-6,8-9,20H,1-2H3. The van der Waals surface area contributed by atoms with Gasteiger partial charge in [0.05, 0.1) is 5.56 Å². The highest BCUT2D eigenvalue weighted by Gasteiger charge is 2.18. The van der Waals surface area contributed by atoms with E-state index in [4.69, 9.17) is 16.9 Å². The van der Waals surface area contributed by atoms with Crippen LogP contribution < -0.4 is 5.56 Å². The molecule has 1 aromatic heterocycles. The van der Waals surface area contributed by atoms with Gasteiger partial charge in [0.2, 0.25) is 0 Å². The Morgan fingerprint density at radius 1 is 1.36 bits per heavy atom. The lowest BCUT2D eigenvalue weighted by Gasteiger charge is -2.12. The Balaban J connectivity index is 2.65.